The van der Waals surface area contributed by atoms with Gasteiger partial charge in [-0.05, 0) is 17.7 Å². The van der Waals surface area contributed by atoms with E-state index in [0.29, 0.717) is 23.6 Å². The number of para-hydroxylation sites is 2. The second-order valence-corrected chi connectivity index (χ2v) is 6.32. The zero-order chi connectivity index (χ0) is 19.7. The molecule has 1 aromatic heterocycles. The smallest absolute Gasteiger partial charge is 0.335 e. The first-order valence-electron chi connectivity index (χ1n) is 8.69. The molecular weight excluding hydrogens is 360 g/mol. The Morgan fingerprint density at radius 3 is 2.57 bits per heavy atom. The number of ether oxygens (including phenoxy) is 1. The number of nitrogens with one attached hydrogen (secondary N) is 2. The molecule has 142 valence electrons. The van der Waals surface area contributed by atoms with Gasteiger partial charge in [-0.15, -0.1) is 0 Å². The standard InChI is InChI=1S/C20H18N4O4/c1-28-16-10-6-5-9-15(16)24-19(26)17(18(25)21-20(24)27)14-11-13(22-23-14)12-7-3-2-4-8-12/h2-10,13,22,26H,11H2,1H3,(H,21,25,27)/t13-/m0/s1. The number of rotatable bonds is 4. The molecule has 0 aliphatic carbocycles. The number of methoxy groups -OCH3 is 1. The molecule has 3 aromatic rings. The van der Waals surface area contributed by atoms with Crippen LogP contribution in [0.1, 0.15) is 23.6 Å². The fraction of sp³-hybridized carbons (Fsp3) is 0.150. The third-order valence-corrected chi connectivity index (χ3v) is 4.66. The molecule has 0 bridgehead atoms. The molecule has 0 saturated carbocycles. The fourth-order valence-corrected chi connectivity index (χ4v) is 3.30. The number of aromatic amines is 1. The zero-order valence-corrected chi connectivity index (χ0v) is 15.0. The molecule has 0 amide bonds. The van der Waals surface area contributed by atoms with Gasteiger partial charge in [0.15, 0.2) is 0 Å². The molecule has 0 saturated heterocycles. The highest BCUT2D eigenvalue weighted by Gasteiger charge is 2.28. The summed E-state index contributed by atoms with van der Waals surface area (Å²) < 4.78 is 6.28. The van der Waals surface area contributed by atoms with Crippen molar-refractivity contribution >= 4 is 5.71 Å². The highest BCUT2D eigenvalue weighted by atomic mass is 16.5. The average molecular weight is 378 g/mol. The van der Waals surface area contributed by atoms with Crippen LogP contribution in [-0.2, 0) is 0 Å². The predicted octanol–water partition coefficient (Wildman–Crippen LogP) is 1.68. The van der Waals surface area contributed by atoms with Gasteiger partial charge in [-0.2, -0.15) is 5.10 Å². The van der Waals surface area contributed by atoms with Crippen molar-refractivity contribution in [2.24, 2.45) is 5.10 Å². The van der Waals surface area contributed by atoms with E-state index in [1.807, 2.05) is 30.3 Å². The number of hydrazone groups is 1. The van der Waals surface area contributed by atoms with E-state index in [4.69, 9.17) is 4.74 Å². The van der Waals surface area contributed by atoms with E-state index >= 15 is 0 Å². The Kier molecular flexibility index (Phi) is 4.44. The van der Waals surface area contributed by atoms with Crippen molar-refractivity contribution in [1.82, 2.24) is 15.0 Å². The Morgan fingerprint density at radius 1 is 1.11 bits per heavy atom. The van der Waals surface area contributed by atoms with Gasteiger partial charge in [-0.25, -0.2) is 9.36 Å². The molecule has 3 N–H and O–H groups in total. The quantitative estimate of drug-likeness (QED) is 0.640. The van der Waals surface area contributed by atoms with Gasteiger partial charge in [-0.3, -0.25) is 9.78 Å². The van der Waals surface area contributed by atoms with Crippen LogP contribution in [0.5, 0.6) is 11.6 Å². The summed E-state index contributed by atoms with van der Waals surface area (Å²) in [6, 6.07) is 16.3. The normalized spacial score (nSPS) is 15.8. The maximum atomic E-state index is 12.5. The molecule has 0 fully saturated rings. The highest BCUT2D eigenvalue weighted by molar-refractivity contribution is 6.03. The van der Waals surface area contributed by atoms with Crippen molar-refractivity contribution in [2.45, 2.75) is 12.5 Å². The number of hydrogen-bond acceptors (Lipinski definition) is 6. The Labute approximate surface area is 159 Å². The minimum Gasteiger partial charge on any atom is -0.495 e. The maximum absolute atomic E-state index is 12.5. The van der Waals surface area contributed by atoms with Crippen molar-refractivity contribution in [2.75, 3.05) is 7.11 Å². The molecule has 28 heavy (non-hydrogen) atoms. The number of benzene rings is 2. The molecule has 8 nitrogen and oxygen atoms in total. The molecule has 8 heteroatoms. The molecule has 0 spiro atoms. The van der Waals surface area contributed by atoms with Crippen LogP contribution in [0.25, 0.3) is 5.69 Å². The first kappa shape index (κ1) is 17.6. The van der Waals surface area contributed by atoms with E-state index in [1.54, 1.807) is 24.3 Å². The topological polar surface area (TPSA) is 109 Å². The van der Waals surface area contributed by atoms with Gasteiger partial charge in [0.1, 0.15) is 11.3 Å². The second-order valence-electron chi connectivity index (χ2n) is 6.32. The van der Waals surface area contributed by atoms with Crippen LogP contribution in [0.4, 0.5) is 0 Å². The molecule has 2 heterocycles. The number of H-pyrrole nitrogens is 1. The Hall–Kier alpha value is -3.81. The minimum atomic E-state index is -0.762. The summed E-state index contributed by atoms with van der Waals surface area (Å²) in [7, 11) is 1.46. The van der Waals surface area contributed by atoms with Crippen molar-refractivity contribution in [3.63, 3.8) is 0 Å². The first-order chi connectivity index (χ1) is 13.6. The van der Waals surface area contributed by atoms with Gasteiger partial charge in [0, 0.05) is 6.42 Å². The van der Waals surface area contributed by atoms with Crippen LogP contribution in [-0.4, -0.2) is 27.5 Å². The molecular formula is C20H18N4O4. The van der Waals surface area contributed by atoms with Crippen LogP contribution in [0.2, 0.25) is 0 Å². The van der Waals surface area contributed by atoms with E-state index in [-0.39, 0.29) is 11.6 Å². The lowest BCUT2D eigenvalue weighted by Gasteiger charge is -2.14. The summed E-state index contributed by atoms with van der Waals surface area (Å²) in [5, 5.41) is 15.1. The van der Waals surface area contributed by atoms with E-state index in [2.05, 4.69) is 15.5 Å². The van der Waals surface area contributed by atoms with Crippen LogP contribution in [0.15, 0.2) is 69.3 Å². The third-order valence-electron chi connectivity index (χ3n) is 4.66. The van der Waals surface area contributed by atoms with E-state index < -0.39 is 17.1 Å². The van der Waals surface area contributed by atoms with Gasteiger partial charge in [0.05, 0.1) is 24.6 Å². The summed E-state index contributed by atoms with van der Waals surface area (Å²) in [6.45, 7) is 0. The Balaban J connectivity index is 1.79. The van der Waals surface area contributed by atoms with Crippen molar-refractivity contribution in [1.29, 1.82) is 0 Å². The maximum Gasteiger partial charge on any atom is 0.335 e. The van der Waals surface area contributed by atoms with Gasteiger partial charge >= 0.3 is 5.69 Å². The Morgan fingerprint density at radius 2 is 1.82 bits per heavy atom. The molecule has 1 aliphatic heterocycles. The summed E-state index contributed by atoms with van der Waals surface area (Å²) in [5.41, 5.74) is 3.18. The number of hydrogen-bond donors (Lipinski definition) is 3. The van der Waals surface area contributed by atoms with Gasteiger partial charge in [0.25, 0.3) is 5.56 Å². The van der Waals surface area contributed by atoms with Gasteiger partial charge < -0.3 is 15.3 Å². The largest absolute Gasteiger partial charge is 0.495 e. The van der Waals surface area contributed by atoms with Crippen molar-refractivity contribution < 1.29 is 9.84 Å². The number of aromatic nitrogens is 2. The summed E-state index contributed by atoms with van der Waals surface area (Å²) in [4.78, 5) is 27.1. The molecule has 0 radical (unpaired) electrons. The SMILES string of the molecule is COc1ccccc1-n1c(O)c(C2=NN[C@H](c3ccccc3)C2)c(=O)[nH]c1=O. The second kappa shape index (κ2) is 7.07. The fourth-order valence-electron chi connectivity index (χ4n) is 3.30. The lowest BCUT2D eigenvalue weighted by molar-refractivity contribution is 0.401. The van der Waals surface area contributed by atoms with Crippen molar-refractivity contribution in [3.05, 3.63) is 86.6 Å². The molecule has 1 aliphatic rings. The highest BCUT2D eigenvalue weighted by Crippen LogP contribution is 2.29. The van der Waals surface area contributed by atoms with Crippen molar-refractivity contribution in [3.8, 4) is 17.3 Å². The number of nitrogens with zero attached hydrogens (tertiary/aromatic N) is 2. The molecule has 2 aromatic carbocycles. The summed E-state index contributed by atoms with van der Waals surface area (Å²) >= 11 is 0. The van der Waals surface area contributed by atoms with Crippen LogP contribution >= 0.6 is 0 Å². The third kappa shape index (κ3) is 2.94. The molecule has 4 rings (SSSR count). The zero-order valence-electron chi connectivity index (χ0n) is 15.0. The predicted molar refractivity (Wildman–Crippen MR) is 104 cm³/mol. The van der Waals surface area contributed by atoms with Crippen LogP contribution < -0.4 is 21.4 Å². The molecule has 0 unspecified atom stereocenters. The van der Waals surface area contributed by atoms with E-state index in [0.717, 1.165) is 10.1 Å². The lowest BCUT2D eigenvalue weighted by atomic mass is 10.00. The average Bonchev–Trinajstić information content (AvgIpc) is 3.18. The number of aromatic hydroxyl groups is 1. The van der Waals surface area contributed by atoms with E-state index in [9.17, 15) is 14.7 Å². The Bertz CT molecular complexity index is 1160. The van der Waals surface area contributed by atoms with Crippen LogP contribution in [0, 0.1) is 0 Å². The lowest BCUT2D eigenvalue weighted by Crippen LogP contribution is -2.33. The van der Waals surface area contributed by atoms with Gasteiger partial charge in [-0.1, -0.05) is 42.5 Å². The summed E-state index contributed by atoms with van der Waals surface area (Å²) in [5.74, 6) is -0.0981. The van der Waals surface area contributed by atoms with Crippen LogP contribution in [0.3, 0.4) is 0 Å². The summed E-state index contributed by atoms with van der Waals surface area (Å²) in [6.07, 6.45) is 0.394. The molecule has 1 atom stereocenters. The monoisotopic (exact) mass is 378 g/mol. The van der Waals surface area contributed by atoms with Gasteiger partial charge in [0.2, 0.25) is 5.88 Å². The van der Waals surface area contributed by atoms with E-state index in [1.165, 1.54) is 7.11 Å². The minimum absolute atomic E-state index is 0.0450. The first-order valence-corrected chi connectivity index (χ1v) is 8.69.